The fourth-order valence-electron chi connectivity index (χ4n) is 8.72. The number of para-hydroxylation sites is 1. The summed E-state index contributed by atoms with van der Waals surface area (Å²) in [6, 6.07) is 28.1. The molecule has 2 fully saturated rings. The maximum absolute atomic E-state index is 12.5. The van der Waals surface area contributed by atoms with Crippen LogP contribution in [-0.2, 0) is 46.3 Å². The van der Waals surface area contributed by atoms with Crippen molar-refractivity contribution in [2.75, 3.05) is 142 Å². The van der Waals surface area contributed by atoms with Crippen LogP contribution in [0.5, 0.6) is 0 Å². The van der Waals surface area contributed by atoms with Gasteiger partial charge in [-0.1, -0.05) is 66.2 Å². The van der Waals surface area contributed by atoms with Gasteiger partial charge in [0.05, 0.1) is 71.0 Å². The maximum Gasteiger partial charge on any atom is 0.248 e. The number of nitrogens with zero attached hydrogens (tertiary/aromatic N) is 7. The van der Waals surface area contributed by atoms with Crippen LogP contribution in [0.2, 0.25) is 10.0 Å². The number of carbonyl (C=O) groups excluding carboxylic acids is 3. The molecule has 0 saturated carbocycles. The Morgan fingerprint density at radius 1 is 0.767 bits per heavy atom. The van der Waals surface area contributed by atoms with Gasteiger partial charge in [0.15, 0.2) is 0 Å². The third-order valence-corrected chi connectivity index (χ3v) is 13.2. The first-order valence-electron chi connectivity index (χ1n) is 25.2. The zero-order valence-corrected chi connectivity index (χ0v) is 43.4. The molecule has 0 aliphatic carbocycles. The third-order valence-electron chi connectivity index (χ3n) is 12.7. The Labute approximate surface area is 438 Å². The molecule has 0 bridgehead atoms. The summed E-state index contributed by atoms with van der Waals surface area (Å²) in [6.07, 6.45) is 2.78. The van der Waals surface area contributed by atoms with Crippen molar-refractivity contribution in [3.8, 4) is 0 Å². The largest absolute Gasteiger partial charge is 0.445 e. The van der Waals surface area contributed by atoms with E-state index in [4.69, 9.17) is 56.5 Å². The highest BCUT2D eigenvalue weighted by Gasteiger charge is 2.30. The Morgan fingerprint density at radius 3 is 2.07 bits per heavy atom. The highest BCUT2D eigenvalue weighted by atomic mass is 35.5. The van der Waals surface area contributed by atoms with Crippen molar-refractivity contribution in [2.24, 2.45) is 0 Å². The van der Waals surface area contributed by atoms with Crippen LogP contribution < -0.4 is 15.5 Å². The molecule has 0 atom stereocenters. The SMILES string of the molecule is C=CC(=O)N1CCN(c2ccc(CCC(=O)NCCOCCOCCOCCOCCN(C)CCCNc3nc(CN4CCN(C(c5ccc(Cl)cc5)c5ccc(Cl)cc5)CC4)nc4ccccc34)o2)C(=O)C1. The van der Waals surface area contributed by atoms with Gasteiger partial charge in [-0.05, 0) is 79.7 Å². The third kappa shape index (κ3) is 17.6. The Balaban J connectivity index is 0.680. The average Bonchev–Trinajstić information content (AvgIpc) is 3.88. The molecule has 17 nitrogen and oxygen atoms in total. The van der Waals surface area contributed by atoms with Crippen LogP contribution >= 0.6 is 23.2 Å². The van der Waals surface area contributed by atoms with Crippen LogP contribution in [0, 0.1) is 0 Å². The number of ether oxygens (including phenoxy) is 4. The van der Waals surface area contributed by atoms with Crippen molar-refractivity contribution < 1.29 is 37.7 Å². The lowest BCUT2D eigenvalue weighted by Gasteiger charge is -2.39. The van der Waals surface area contributed by atoms with Crippen molar-refractivity contribution in [1.82, 2.24) is 34.9 Å². The first kappa shape index (κ1) is 55.3. The summed E-state index contributed by atoms with van der Waals surface area (Å²) >= 11 is 12.5. The van der Waals surface area contributed by atoms with Crippen molar-refractivity contribution in [1.29, 1.82) is 0 Å². The lowest BCUT2D eigenvalue weighted by atomic mass is 9.96. The number of halogens is 2. The molecule has 5 aromatic rings. The van der Waals surface area contributed by atoms with Crippen LogP contribution in [0.25, 0.3) is 10.9 Å². The lowest BCUT2D eigenvalue weighted by Crippen LogP contribution is -2.52. The van der Waals surface area contributed by atoms with Gasteiger partial charge in [0, 0.05) is 93.2 Å². The number of aryl methyl sites for hydroxylation is 1. The zero-order chi connectivity index (χ0) is 51.2. The number of likely N-dealkylation sites (N-methyl/N-ethyl adjacent to an activating group) is 1. The Morgan fingerprint density at radius 2 is 1.41 bits per heavy atom. The van der Waals surface area contributed by atoms with Gasteiger partial charge in [0.1, 0.15) is 23.9 Å². The standard InChI is InChI=1S/C54H69Cl2N9O8/c1-3-50(67)64-28-29-65(51(68)40-64)52-20-18-45(73-52)17-19-49(66)57-22-31-69-33-35-71-37-38-72-36-34-70-32-30-61(2)23-6-21-58-54-46-7-4-5-8-47(46)59-48(60-54)39-62-24-26-63(27-25-62)53(41-9-13-43(55)14-10-41)42-11-15-44(56)16-12-42/h3-5,7-16,18,20,53H,1,6,17,19,21-40H2,2H3,(H,57,66)(H,58,59,60). The van der Waals surface area contributed by atoms with Gasteiger partial charge in [-0.3, -0.25) is 29.1 Å². The summed E-state index contributed by atoms with van der Waals surface area (Å²) < 4.78 is 28.4. The number of benzene rings is 3. The fraction of sp³-hybridized carbons (Fsp3) is 0.463. The molecule has 2 aromatic heterocycles. The summed E-state index contributed by atoms with van der Waals surface area (Å²) in [7, 11) is 2.11. The smallest absolute Gasteiger partial charge is 0.248 e. The number of nitrogens with one attached hydrogen (secondary N) is 2. The highest BCUT2D eigenvalue weighted by molar-refractivity contribution is 6.30. The normalized spacial score (nSPS) is 14.7. The first-order valence-corrected chi connectivity index (χ1v) is 25.9. The van der Waals surface area contributed by atoms with E-state index in [-0.39, 0.29) is 36.7 Å². The van der Waals surface area contributed by atoms with Crippen LogP contribution in [-0.4, -0.2) is 179 Å². The minimum Gasteiger partial charge on any atom is -0.445 e. The molecule has 2 N–H and O–H groups in total. The number of hydrogen-bond acceptors (Lipinski definition) is 14. The lowest BCUT2D eigenvalue weighted by molar-refractivity contribution is -0.133. The molecule has 392 valence electrons. The van der Waals surface area contributed by atoms with E-state index >= 15 is 0 Å². The van der Waals surface area contributed by atoms with E-state index in [2.05, 4.69) is 75.4 Å². The van der Waals surface area contributed by atoms with Crippen molar-refractivity contribution >= 4 is 63.5 Å². The zero-order valence-electron chi connectivity index (χ0n) is 41.9. The van der Waals surface area contributed by atoms with Crippen molar-refractivity contribution in [2.45, 2.75) is 31.8 Å². The number of aromatic nitrogens is 2. The molecule has 73 heavy (non-hydrogen) atoms. The van der Waals surface area contributed by atoms with Gasteiger partial charge < -0.3 is 43.8 Å². The topological polar surface area (TPSA) is 167 Å². The number of fused-ring (bicyclic) bond motifs is 1. The number of amides is 3. The van der Waals surface area contributed by atoms with E-state index in [0.717, 1.165) is 84.8 Å². The number of rotatable bonds is 30. The predicted molar refractivity (Wildman–Crippen MR) is 284 cm³/mol. The molecule has 0 spiro atoms. The van der Waals surface area contributed by atoms with Crippen LogP contribution in [0.4, 0.5) is 11.7 Å². The van der Waals surface area contributed by atoms with Crippen LogP contribution in [0.3, 0.4) is 0 Å². The van der Waals surface area contributed by atoms with E-state index in [9.17, 15) is 14.4 Å². The van der Waals surface area contributed by atoms with Gasteiger partial charge in [0.2, 0.25) is 23.6 Å². The van der Waals surface area contributed by atoms with E-state index in [0.29, 0.717) is 97.1 Å². The van der Waals surface area contributed by atoms with Crippen molar-refractivity contribution in [3.05, 3.63) is 130 Å². The molecule has 3 amide bonds. The molecular weight excluding hydrogens is 974 g/mol. The Hall–Kier alpha value is -5.47. The minimum atomic E-state index is -0.273. The number of furan rings is 1. The molecule has 2 aliphatic heterocycles. The molecular formula is C54H69Cl2N9O8. The van der Waals surface area contributed by atoms with E-state index in [1.807, 2.05) is 36.4 Å². The van der Waals surface area contributed by atoms with Gasteiger partial charge in [-0.15, -0.1) is 0 Å². The monoisotopic (exact) mass is 1040 g/mol. The molecule has 19 heteroatoms. The van der Waals surface area contributed by atoms with Gasteiger partial charge in [-0.25, -0.2) is 9.97 Å². The Bertz CT molecular complexity index is 2460. The second-order valence-corrected chi connectivity index (χ2v) is 18.8. The quantitative estimate of drug-likeness (QED) is 0.0386. The van der Waals surface area contributed by atoms with Crippen LogP contribution in [0.15, 0.2) is 102 Å². The van der Waals surface area contributed by atoms with Gasteiger partial charge in [0.25, 0.3) is 0 Å². The summed E-state index contributed by atoms with van der Waals surface area (Å²) in [5, 5.41) is 8.93. The molecule has 0 radical (unpaired) electrons. The number of piperazine rings is 2. The first-order chi connectivity index (χ1) is 35.6. The van der Waals surface area contributed by atoms with E-state index < -0.39 is 0 Å². The molecule has 2 aliphatic rings. The summed E-state index contributed by atoms with van der Waals surface area (Å²) in [4.78, 5) is 56.9. The van der Waals surface area contributed by atoms with E-state index in [1.54, 1.807) is 12.1 Å². The number of anilines is 2. The second kappa shape index (κ2) is 29.4. The predicted octanol–water partition coefficient (Wildman–Crippen LogP) is 6.35. The molecule has 4 heterocycles. The maximum atomic E-state index is 12.5. The molecule has 2 saturated heterocycles. The van der Waals surface area contributed by atoms with Crippen molar-refractivity contribution in [3.63, 3.8) is 0 Å². The highest BCUT2D eigenvalue weighted by Crippen LogP contribution is 2.32. The molecule has 7 rings (SSSR count). The summed E-state index contributed by atoms with van der Waals surface area (Å²) in [5.74, 6) is 2.08. The Kier molecular flexibility index (Phi) is 22.3. The number of hydrogen-bond donors (Lipinski definition) is 2. The number of carbonyl (C=O) groups is 3. The molecule has 3 aromatic carbocycles. The van der Waals surface area contributed by atoms with Gasteiger partial charge in [-0.2, -0.15) is 0 Å². The minimum absolute atomic E-state index is 0.0267. The van der Waals surface area contributed by atoms with Crippen LogP contribution in [0.1, 0.15) is 41.6 Å². The second-order valence-electron chi connectivity index (χ2n) is 18.0. The van der Waals surface area contributed by atoms with E-state index in [1.165, 1.54) is 27.0 Å². The average molecular weight is 1040 g/mol. The van der Waals surface area contributed by atoms with Gasteiger partial charge >= 0.3 is 0 Å². The summed E-state index contributed by atoms with van der Waals surface area (Å²) in [5.41, 5.74) is 3.36. The summed E-state index contributed by atoms with van der Waals surface area (Å²) in [6.45, 7) is 15.1. The molecule has 0 unspecified atom stereocenters. The fourth-order valence-corrected chi connectivity index (χ4v) is 8.97.